The summed E-state index contributed by atoms with van der Waals surface area (Å²) in [5.74, 6) is 1.78. The van der Waals surface area contributed by atoms with Crippen LogP contribution in [0.25, 0.3) is 0 Å². The Morgan fingerprint density at radius 2 is 1.71 bits per heavy atom. The van der Waals surface area contributed by atoms with E-state index in [0.717, 1.165) is 41.6 Å². The van der Waals surface area contributed by atoms with Gasteiger partial charge in [-0.25, -0.2) is 0 Å². The van der Waals surface area contributed by atoms with Crippen LogP contribution in [0.5, 0.6) is 5.75 Å². The van der Waals surface area contributed by atoms with Gasteiger partial charge in [-0.05, 0) is 66.4 Å². The van der Waals surface area contributed by atoms with E-state index in [9.17, 15) is 5.11 Å². The maximum absolute atomic E-state index is 9.49. The monoisotopic (exact) mass is 453 g/mol. The Balaban J connectivity index is 1.28. The van der Waals surface area contributed by atoms with Crippen molar-refractivity contribution < 1.29 is 9.84 Å². The van der Waals surface area contributed by atoms with Gasteiger partial charge in [0.05, 0.1) is 6.61 Å². The second-order valence-electron chi connectivity index (χ2n) is 7.94. The molecule has 5 heteroatoms. The zero-order chi connectivity index (χ0) is 21.5. The molecule has 0 bridgehead atoms. The second-order valence-corrected chi connectivity index (χ2v) is 9.43. The molecule has 1 aliphatic heterocycles. The minimum Gasteiger partial charge on any atom is -0.489 e. The molecule has 0 saturated carbocycles. The van der Waals surface area contributed by atoms with Crippen molar-refractivity contribution in [3.63, 3.8) is 0 Å². The van der Waals surface area contributed by atoms with E-state index in [1.165, 1.54) is 22.4 Å². The molecule has 1 unspecified atom stereocenters. The molecule has 3 nitrogen and oxygen atoms in total. The second kappa shape index (κ2) is 11.1. The smallest absolute Gasteiger partial charge is 0.120 e. The average Bonchev–Trinajstić information content (AvgIpc) is 3.26. The Labute approximate surface area is 194 Å². The van der Waals surface area contributed by atoms with Crippen molar-refractivity contribution in [3.8, 4) is 5.75 Å². The van der Waals surface area contributed by atoms with Crippen molar-refractivity contribution >= 4 is 23.4 Å². The molecule has 0 spiro atoms. The first-order chi connectivity index (χ1) is 15.2. The van der Waals surface area contributed by atoms with Crippen LogP contribution in [0.3, 0.4) is 0 Å². The van der Waals surface area contributed by atoms with Crippen LogP contribution in [0.1, 0.15) is 29.5 Å². The lowest BCUT2D eigenvalue weighted by Gasteiger charge is -2.22. The van der Waals surface area contributed by atoms with Gasteiger partial charge in [0.25, 0.3) is 0 Å². The molecule has 3 aromatic carbocycles. The zero-order valence-corrected chi connectivity index (χ0v) is 19.1. The van der Waals surface area contributed by atoms with E-state index in [1.54, 1.807) is 11.8 Å². The number of aliphatic hydroxyl groups excluding tert-OH is 1. The molecular weight excluding hydrogens is 426 g/mol. The predicted octanol–water partition coefficient (Wildman–Crippen LogP) is 6.17. The first kappa shape index (κ1) is 22.2. The fraction of sp³-hybridized carbons (Fsp3) is 0.308. The number of hydrogen-bond acceptors (Lipinski definition) is 4. The normalized spacial score (nSPS) is 16.5. The Bertz CT molecular complexity index is 962. The van der Waals surface area contributed by atoms with Gasteiger partial charge in [0.1, 0.15) is 12.4 Å². The van der Waals surface area contributed by atoms with E-state index in [2.05, 4.69) is 53.4 Å². The summed E-state index contributed by atoms with van der Waals surface area (Å²) in [7, 11) is 0. The number of likely N-dealkylation sites (tertiary alicyclic amines) is 1. The Hall–Kier alpha value is -1.98. The first-order valence-electron chi connectivity index (χ1n) is 10.7. The van der Waals surface area contributed by atoms with Crippen LogP contribution in [0.4, 0.5) is 0 Å². The largest absolute Gasteiger partial charge is 0.489 e. The number of rotatable bonds is 9. The van der Waals surface area contributed by atoms with Gasteiger partial charge in [-0.2, -0.15) is 0 Å². The SMILES string of the molecule is OCC1CCCN1Cc1ccc(COc2cccc(SCc3ccc(Cl)cc3)c2)cc1. The molecule has 0 radical (unpaired) electrons. The van der Waals surface area contributed by atoms with Gasteiger partial charge < -0.3 is 9.84 Å². The Kier molecular flexibility index (Phi) is 7.92. The van der Waals surface area contributed by atoms with Crippen LogP contribution in [0.2, 0.25) is 5.02 Å². The number of benzene rings is 3. The van der Waals surface area contributed by atoms with Gasteiger partial charge in [0.2, 0.25) is 0 Å². The minimum absolute atomic E-state index is 0.253. The molecular formula is C26H28ClNO2S. The van der Waals surface area contributed by atoms with E-state index in [0.29, 0.717) is 12.6 Å². The Morgan fingerprint density at radius 1 is 0.968 bits per heavy atom. The highest BCUT2D eigenvalue weighted by Crippen LogP contribution is 2.27. The van der Waals surface area contributed by atoms with Crippen LogP contribution in [0.15, 0.2) is 77.7 Å². The molecule has 1 fully saturated rings. The molecule has 3 aromatic rings. The van der Waals surface area contributed by atoms with Gasteiger partial charge in [0, 0.05) is 28.3 Å². The molecule has 0 aromatic heterocycles. The van der Waals surface area contributed by atoms with Crippen LogP contribution in [-0.4, -0.2) is 29.2 Å². The van der Waals surface area contributed by atoms with E-state index in [4.69, 9.17) is 16.3 Å². The fourth-order valence-electron chi connectivity index (χ4n) is 3.85. The van der Waals surface area contributed by atoms with E-state index < -0.39 is 0 Å². The van der Waals surface area contributed by atoms with E-state index >= 15 is 0 Å². The molecule has 0 aliphatic carbocycles. The third-order valence-electron chi connectivity index (χ3n) is 5.65. The highest BCUT2D eigenvalue weighted by atomic mass is 35.5. The first-order valence-corrected chi connectivity index (χ1v) is 12.1. The molecule has 162 valence electrons. The molecule has 31 heavy (non-hydrogen) atoms. The summed E-state index contributed by atoms with van der Waals surface area (Å²) in [5, 5.41) is 10.3. The third-order valence-corrected chi connectivity index (χ3v) is 6.97. The number of ether oxygens (including phenoxy) is 1. The quantitative estimate of drug-likeness (QED) is 0.393. The van der Waals surface area contributed by atoms with E-state index in [-0.39, 0.29) is 6.61 Å². The summed E-state index contributed by atoms with van der Waals surface area (Å²) in [6.45, 7) is 2.78. The molecule has 1 aliphatic rings. The number of aliphatic hydroxyl groups is 1. The van der Waals surface area contributed by atoms with Gasteiger partial charge >= 0.3 is 0 Å². The summed E-state index contributed by atoms with van der Waals surface area (Å²) in [6, 6.07) is 25.2. The number of halogens is 1. The molecule has 1 heterocycles. The minimum atomic E-state index is 0.253. The van der Waals surface area contributed by atoms with Crippen molar-refractivity contribution in [2.75, 3.05) is 13.2 Å². The standard InChI is InChI=1S/C26H28ClNO2S/c27-23-12-10-22(11-13-23)19-31-26-5-1-4-25(15-26)30-18-21-8-6-20(7-9-21)16-28-14-2-3-24(28)17-29/h1,4-13,15,24,29H,2-3,14,16-19H2. The Morgan fingerprint density at radius 3 is 2.48 bits per heavy atom. The van der Waals surface area contributed by atoms with Crippen LogP contribution in [-0.2, 0) is 18.9 Å². The van der Waals surface area contributed by atoms with Crippen molar-refractivity contribution in [1.82, 2.24) is 4.90 Å². The van der Waals surface area contributed by atoms with Crippen LogP contribution in [0, 0.1) is 0 Å². The topological polar surface area (TPSA) is 32.7 Å². The number of thioether (sulfide) groups is 1. The van der Waals surface area contributed by atoms with Gasteiger partial charge in [-0.3, -0.25) is 4.90 Å². The third kappa shape index (κ3) is 6.50. The van der Waals surface area contributed by atoms with Crippen molar-refractivity contribution in [1.29, 1.82) is 0 Å². The molecule has 1 saturated heterocycles. The molecule has 1 atom stereocenters. The summed E-state index contributed by atoms with van der Waals surface area (Å²) in [6.07, 6.45) is 2.27. The maximum atomic E-state index is 9.49. The van der Waals surface area contributed by atoms with Gasteiger partial charge in [-0.15, -0.1) is 11.8 Å². The van der Waals surface area contributed by atoms with Crippen molar-refractivity contribution in [2.45, 2.75) is 42.7 Å². The lowest BCUT2D eigenvalue weighted by atomic mass is 10.1. The number of nitrogens with zero attached hydrogens (tertiary/aromatic N) is 1. The lowest BCUT2D eigenvalue weighted by Crippen LogP contribution is -2.31. The average molecular weight is 454 g/mol. The van der Waals surface area contributed by atoms with E-state index in [1.807, 2.05) is 24.3 Å². The van der Waals surface area contributed by atoms with Crippen molar-refractivity contribution in [3.05, 3.63) is 94.5 Å². The predicted molar refractivity (Wildman–Crippen MR) is 129 cm³/mol. The highest BCUT2D eigenvalue weighted by molar-refractivity contribution is 7.98. The van der Waals surface area contributed by atoms with Gasteiger partial charge in [0.15, 0.2) is 0 Å². The summed E-state index contributed by atoms with van der Waals surface area (Å²) in [4.78, 5) is 3.56. The number of hydrogen-bond donors (Lipinski definition) is 1. The van der Waals surface area contributed by atoms with Crippen LogP contribution >= 0.6 is 23.4 Å². The van der Waals surface area contributed by atoms with Gasteiger partial charge in [-0.1, -0.05) is 54.1 Å². The summed E-state index contributed by atoms with van der Waals surface area (Å²) in [5.41, 5.74) is 3.69. The highest BCUT2D eigenvalue weighted by Gasteiger charge is 2.23. The summed E-state index contributed by atoms with van der Waals surface area (Å²) < 4.78 is 6.03. The molecule has 4 rings (SSSR count). The van der Waals surface area contributed by atoms with Crippen molar-refractivity contribution in [2.24, 2.45) is 0 Å². The fourth-order valence-corrected chi connectivity index (χ4v) is 4.88. The van der Waals surface area contributed by atoms with Crippen LogP contribution < -0.4 is 4.74 Å². The zero-order valence-electron chi connectivity index (χ0n) is 17.5. The molecule has 1 N–H and O–H groups in total. The lowest BCUT2D eigenvalue weighted by molar-refractivity contribution is 0.153. The molecule has 0 amide bonds. The maximum Gasteiger partial charge on any atom is 0.120 e. The summed E-state index contributed by atoms with van der Waals surface area (Å²) >= 11 is 7.75.